The second kappa shape index (κ2) is 6.46. The molecule has 0 saturated carbocycles. The Bertz CT molecular complexity index is 504. The summed E-state index contributed by atoms with van der Waals surface area (Å²) in [7, 11) is 0. The maximum absolute atomic E-state index is 13.5. The van der Waals surface area contributed by atoms with Crippen LogP contribution in [-0.2, 0) is 0 Å². The van der Waals surface area contributed by atoms with Gasteiger partial charge in [-0.25, -0.2) is 14.4 Å². The zero-order chi connectivity index (χ0) is 14.8. The SMILES string of the molecule is CSc1nc(N2CCN3CC(CO)CCC3C2)ncc1F. The van der Waals surface area contributed by atoms with Gasteiger partial charge in [0.1, 0.15) is 5.03 Å². The molecule has 0 aliphatic carbocycles. The fraction of sp³-hybridized carbons (Fsp3) is 0.714. The topological polar surface area (TPSA) is 52.5 Å². The third kappa shape index (κ3) is 3.14. The van der Waals surface area contributed by atoms with Crippen LogP contribution in [0.1, 0.15) is 12.8 Å². The van der Waals surface area contributed by atoms with Crippen molar-refractivity contribution in [1.82, 2.24) is 14.9 Å². The lowest BCUT2D eigenvalue weighted by Gasteiger charge is -2.46. The molecule has 7 heteroatoms. The number of nitrogens with zero attached hydrogens (tertiary/aromatic N) is 4. The second-order valence-corrected chi connectivity index (χ2v) is 6.54. The number of piperidine rings is 1. The van der Waals surface area contributed by atoms with Gasteiger partial charge in [-0.2, -0.15) is 0 Å². The van der Waals surface area contributed by atoms with E-state index in [0.717, 1.165) is 39.0 Å². The highest BCUT2D eigenvalue weighted by molar-refractivity contribution is 7.98. The molecule has 2 saturated heterocycles. The predicted octanol–water partition coefficient (Wildman–Crippen LogP) is 1.23. The van der Waals surface area contributed by atoms with Crippen molar-refractivity contribution in [3.05, 3.63) is 12.0 Å². The summed E-state index contributed by atoms with van der Waals surface area (Å²) in [5.74, 6) is 0.691. The number of fused-ring (bicyclic) bond motifs is 1. The third-order valence-corrected chi connectivity index (χ3v) is 5.11. The Hall–Kier alpha value is -0.920. The molecule has 21 heavy (non-hydrogen) atoms. The molecule has 3 heterocycles. The molecular formula is C14H21FN4OS. The lowest BCUT2D eigenvalue weighted by atomic mass is 9.92. The van der Waals surface area contributed by atoms with Gasteiger partial charge in [0.25, 0.3) is 0 Å². The molecule has 2 aliphatic heterocycles. The van der Waals surface area contributed by atoms with Crippen molar-refractivity contribution in [2.45, 2.75) is 23.9 Å². The van der Waals surface area contributed by atoms with Crippen LogP contribution in [0, 0.1) is 11.7 Å². The van der Waals surface area contributed by atoms with E-state index in [-0.39, 0.29) is 12.4 Å². The average Bonchev–Trinajstić information content (AvgIpc) is 2.54. The molecule has 0 spiro atoms. The number of aromatic nitrogens is 2. The van der Waals surface area contributed by atoms with Crippen LogP contribution in [0.4, 0.5) is 10.3 Å². The summed E-state index contributed by atoms with van der Waals surface area (Å²) in [6.07, 6.45) is 5.26. The van der Waals surface area contributed by atoms with E-state index in [0.29, 0.717) is 22.9 Å². The van der Waals surface area contributed by atoms with Gasteiger partial charge in [0, 0.05) is 38.8 Å². The number of thioether (sulfide) groups is 1. The molecule has 0 aromatic carbocycles. The summed E-state index contributed by atoms with van der Waals surface area (Å²) in [5, 5.41) is 9.71. The molecular weight excluding hydrogens is 291 g/mol. The van der Waals surface area contributed by atoms with Gasteiger partial charge in [-0.15, -0.1) is 11.8 Å². The highest BCUT2D eigenvalue weighted by atomic mass is 32.2. The van der Waals surface area contributed by atoms with Crippen molar-refractivity contribution in [2.24, 2.45) is 5.92 Å². The minimum Gasteiger partial charge on any atom is -0.396 e. The molecule has 2 unspecified atom stereocenters. The summed E-state index contributed by atoms with van der Waals surface area (Å²) in [5.41, 5.74) is 0. The van der Waals surface area contributed by atoms with E-state index in [2.05, 4.69) is 19.8 Å². The molecule has 116 valence electrons. The van der Waals surface area contributed by atoms with Crippen LogP contribution < -0.4 is 4.90 Å². The first-order valence-corrected chi connectivity index (χ1v) is 8.60. The van der Waals surface area contributed by atoms with Gasteiger partial charge >= 0.3 is 0 Å². The molecule has 1 aromatic rings. The van der Waals surface area contributed by atoms with Crippen molar-refractivity contribution < 1.29 is 9.50 Å². The van der Waals surface area contributed by atoms with Crippen LogP contribution in [0.5, 0.6) is 0 Å². The van der Waals surface area contributed by atoms with Gasteiger partial charge in [0.2, 0.25) is 5.95 Å². The van der Waals surface area contributed by atoms with Gasteiger partial charge in [-0.3, -0.25) is 4.90 Å². The van der Waals surface area contributed by atoms with Crippen LogP contribution in [0.2, 0.25) is 0 Å². The maximum atomic E-state index is 13.5. The van der Waals surface area contributed by atoms with E-state index < -0.39 is 0 Å². The Morgan fingerprint density at radius 1 is 1.38 bits per heavy atom. The second-order valence-electron chi connectivity index (χ2n) is 5.75. The van der Waals surface area contributed by atoms with E-state index in [4.69, 9.17) is 0 Å². The smallest absolute Gasteiger partial charge is 0.226 e. The molecule has 1 aromatic heterocycles. The van der Waals surface area contributed by atoms with E-state index in [1.807, 2.05) is 6.26 Å². The van der Waals surface area contributed by atoms with Crippen LogP contribution in [0.15, 0.2) is 11.2 Å². The number of anilines is 1. The number of piperazine rings is 1. The number of hydrogen-bond acceptors (Lipinski definition) is 6. The monoisotopic (exact) mass is 312 g/mol. The summed E-state index contributed by atoms with van der Waals surface area (Å²) < 4.78 is 13.5. The van der Waals surface area contributed by atoms with Crippen molar-refractivity contribution in [3.63, 3.8) is 0 Å². The van der Waals surface area contributed by atoms with Gasteiger partial charge in [0.15, 0.2) is 5.82 Å². The summed E-state index contributed by atoms with van der Waals surface area (Å²) in [4.78, 5) is 13.1. The molecule has 0 bridgehead atoms. The quantitative estimate of drug-likeness (QED) is 0.669. The Labute approximate surface area is 128 Å². The Morgan fingerprint density at radius 2 is 2.24 bits per heavy atom. The molecule has 5 nitrogen and oxygen atoms in total. The Kier molecular flexibility index (Phi) is 4.61. The summed E-state index contributed by atoms with van der Waals surface area (Å²) in [6, 6.07) is 0.493. The first kappa shape index (κ1) is 15.0. The molecule has 1 N–H and O–H groups in total. The zero-order valence-electron chi connectivity index (χ0n) is 12.2. The minimum absolute atomic E-state index is 0.283. The van der Waals surface area contributed by atoms with E-state index in [9.17, 15) is 9.50 Å². The van der Waals surface area contributed by atoms with Gasteiger partial charge in [-0.1, -0.05) is 0 Å². The Morgan fingerprint density at radius 3 is 3.00 bits per heavy atom. The van der Waals surface area contributed by atoms with Crippen molar-refractivity contribution in [2.75, 3.05) is 43.9 Å². The zero-order valence-corrected chi connectivity index (χ0v) is 13.0. The first-order valence-electron chi connectivity index (χ1n) is 7.37. The standard InChI is InChI=1S/C14H21FN4OS/c1-21-13-12(15)6-16-14(17-13)19-5-4-18-7-10(9-20)2-3-11(18)8-19/h6,10-11,20H,2-5,7-9H2,1H3. The number of aliphatic hydroxyl groups excluding tert-OH is 1. The van der Waals surface area contributed by atoms with Crippen molar-refractivity contribution >= 4 is 17.7 Å². The van der Waals surface area contributed by atoms with E-state index in [1.54, 1.807) is 0 Å². The highest BCUT2D eigenvalue weighted by Crippen LogP contribution is 2.27. The van der Waals surface area contributed by atoms with Crippen LogP contribution in [0.3, 0.4) is 0 Å². The fourth-order valence-corrected chi connectivity index (χ4v) is 3.65. The number of hydrogen-bond donors (Lipinski definition) is 1. The largest absolute Gasteiger partial charge is 0.396 e. The fourth-order valence-electron chi connectivity index (χ4n) is 3.23. The maximum Gasteiger partial charge on any atom is 0.226 e. The van der Waals surface area contributed by atoms with E-state index >= 15 is 0 Å². The molecule has 2 atom stereocenters. The predicted molar refractivity (Wildman–Crippen MR) is 81.2 cm³/mol. The van der Waals surface area contributed by atoms with Gasteiger partial charge < -0.3 is 10.0 Å². The lowest BCUT2D eigenvalue weighted by molar-refractivity contribution is 0.0670. The minimum atomic E-state index is -0.353. The lowest BCUT2D eigenvalue weighted by Crippen LogP contribution is -2.57. The number of rotatable bonds is 3. The summed E-state index contributed by atoms with van der Waals surface area (Å²) >= 11 is 1.31. The van der Waals surface area contributed by atoms with Crippen molar-refractivity contribution in [1.29, 1.82) is 0 Å². The normalized spacial score (nSPS) is 26.7. The summed E-state index contributed by atoms with van der Waals surface area (Å²) in [6.45, 7) is 3.96. The third-order valence-electron chi connectivity index (χ3n) is 4.44. The van der Waals surface area contributed by atoms with Crippen LogP contribution >= 0.6 is 11.8 Å². The van der Waals surface area contributed by atoms with Gasteiger partial charge in [0.05, 0.1) is 6.20 Å². The van der Waals surface area contributed by atoms with Gasteiger partial charge in [-0.05, 0) is 25.0 Å². The number of aliphatic hydroxyl groups is 1. The molecule has 0 radical (unpaired) electrons. The van der Waals surface area contributed by atoms with E-state index in [1.165, 1.54) is 18.0 Å². The van der Waals surface area contributed by atoms with Crippen molar-refractivity contribution in [3.8, 4) is 0 Å². The Balaban J connectivity index is 1.69. The van der Waals surface area contributed by atoms with Crippen LogP contribution in [0.25, 0.3) is 0 Å². The average molecular weight is 312 g/mol. The van der Waals surface area contributed by atoms with Crippen LogP contribution in [-0.4, -0.2) is 65.1 Å². The molecule has 3 rings (SSSR count). The first-order chi connectivity index (χ1) is 10.2. The number of halogens is 1. The highest BCUT2D eigenvalue weighted by Gasteiger charge is 2.33. The molecule has 0 amide bonds. The molecule has 2 fully saturated rings. The molecule has 2 aliphatic rings.